The molecule has 1 unspecified atom stereocenters. The summed E-state index contributed by atoms with van der Waals surface area (Å²) in [6.07, 6.45) is 1.03. The Morgan fingerprint density at radius 3 is 2.70 bits per heavy atom. The fourth-order valence-electron chi connectivity index (χ4n) is 4.09. The average molecular weight is 468 g/mol. The summed E-state index contributed by atoms with van der Waals surface area (Å²) in [5.74, 6) is -0.372. The van der Waals surface area contributed by atoms with E-state index < -0.39 is 14.0 Å². The summed E-state index contributed by atoms with van der Waals surface area (Å²) in [6.45, 7) is 10.5. The molecule has 0 saturated carbocycles. The number of carbonyl (C=O) groups is 1. The maximum Gasteiger partial charge on any atom is 0.357 e. The van der Waals surface area contributed by atoms with Crippen LogP contribution >= 0.6 is 0 Å². The van der Waals surface area contributed by atoms with Gasteiger partial charge in [-0.25, -0.2) is 9.48 Å². The standard InChI is InChI=1S/C25H33N3O4Si/c1-33(2,3)14-13-31-18-28-23-10-9-20(15-22(23)24(26-28)25(29)30)32-21-11-12-27(17-21)16-19-7-5-4-6-8-19/h4-10,15,21H,11-14,16-18H2,1-3H3,(H,29,30). The molecule has 0 amide bonds. The van der Waals surface area contributed by atoms with Gasteiger partial charge in [0.25, 0.3) is 0 Å². The lowest BCUT2D eigenvalue weighted by molar-refractivity contribution is 0.0676. The van der Waals surface area contributed by atoms with Crippen LogP contribution in [0, 0.1) is 0 Å². The minimum atomic E-state index is -1.18. The van der Waals surface area contributed by atoms with E-state index in [9.17, 15) is 9.90 Å². The van der Waals surface area contributed by atoms with Crippen LogP contribution in [0.3, 0.4) is 0 Å². The summed E-state index contributed by atoms with van der Waals surface area (Å²) in [4.78, 5) is 14.2. The highest BCUT2D eigenvalue weighted by molar-refractivity contribution is 6.76. The molecule has 0 aliphatic carbocycles. The second-order valence-electron chi connectivity index (χ2n) is 9.93. The normalized spacial score (nSPS) is 17.0. The fraction of sp³-hybridized carbons (Fsp3) is 0.440. The van der Waals surface area contributed by atoms with Crippen LogP contribution in [0.15, 0.2) is 48.5 Å². The Balaban J connectivity index is 1.42. The van der Waals surface area contributed by atoms with Crippen molar-refractivity contribution in [1.82, 2.24) is 14.7 Å². The van der Waals surface area contributed by atoms with Gasteiger partial charge >= 0.3 is 5.97 Å². The average Bonchev–Trinajstić information content (AvgIpc) is 3.35. The van der Waals surface area contributed by atoms with Gasteiger partial charge in [0.1, 0.15) is 18.6 Å². The first-order chi connectivity index (χ1) is 15.8. The molecule has 8 heteroatoms. The molecule has 33 heavy (non-hydrogen) atoms. The molecule has 176 valence electrons. The largest absolute Gasteiger partial charge is 0.489 e. The van der Waals surface area contributed by atoms with E-state index in [1.54, 1.807) is 10.7 Å². The molecule has 1 fully saturated rings. The van der Waals surface area contributed by atoms with Crippen molar-refractivity contribution in [2.45, 2.75) is 51.5 Å². The Hall–Kier alpha value is -2.68. The minimum absolute atomic E-state index is 0.0290. The number of aromatic nitrogens is 2. The number of carboxylic acid groups (broad SMARTS) is 1. The number of nitrogens with zero attached hydrogens (tertiary/aromatic N) is 3. The molecular weight excluding hydrogens is 434 g/mol. The Bertz CT molecular complexity index is 1090. The second-order valence-corrected chi connectivity index (χ2v) is 15.6. The lowest BCUT2D eigenvalue weighted by Crippen LogP contribution is -2.24. The van der Waals surface area contributed by atoms with Gasteiger partial charge < -0.3 is 14.6 Å². The van der Waals surface area contributed by atoms with Crippen molar-refractivity contribution < 1.29 is 19.4 Å². The number of aromatic carboxylic acids is 1. The SMILES string of the molecule is C[Si](C)(C)CCOCn1nc(C(=O)O)c2cc(OC3CCN(Cc4ccccc4)C3)ccc21. The van der Waals surface area contributed by atoms with Crippen molar-refractivity contribution in [1.29, 1.82) is 0 Å². The van der Waals surface area contributed by atoms with E-state index in [1.165, 1.54) is 5.56 Å². The van der Waals surface area contributed by atoms with Crippen molar-refractivity contribution in [2.75, 3.05) is 19.7 Å². The number of rotatable bonds is 10. The topological polar surface area (TPSA) is 76.8 Å². The summed E-state index contributed by atoms with van der Waals surface area (Å²) in [6, 6.07) is 17.1. The van der Waals surface area contributed by atoms with E-state index in [1.807, 2.05) is 18.2 Å². The van der Waals surface area contributed by atoms with Crippen LogP contribution in [-0.4, -0.2) is 59.6 Å². The van der Waals surface area contributed by atoms with Crippen LogP contribution in [0.25, 0.3) is 10.9 Å². The van der Waals surface area contributed by atoms with Gasteiger partial charge in [-0.3, -0.25) is 4.90 Å². The highest BCUT2D eigenvalue weighted by atomic mass is 28.3. The van der Waals surface area contributed by atoms with Crippen LogP contribution < -0.4 is 4.74 Å². The first kappa shape index (κ1) is 23.5. The lowest BCUT2D eigenvalue weighted by atomic mass is 10.2. The van der Waals surface area contributed by atoms with Crippen molar-refractivity contribution in [3.05, 3.63) is 59.8 Å². The van der Waals surface area contributed by atoms with Gasteiger partial charge in [0.05, 0.1) is 5.52 Å². The van der Waals surface area contributed by atoms with Crippen LogP contribution in [0.1, 0.15) is 22.5 Å². The quantitative estimate of drug-likeness (QED) is 0.344. The minimum Gasteiger partial charge on any atom is -0.489 e. The summed E-state index contributed by atoms with van der Waals surface area (Å²) in [5.41, 5.74) is 2.07. The van der Waals surface area contributed by atoms with Gasteiger partial charge in [-0.05, 0) is 36.2 Å². The van der Waals surface area contributed by atoms with Crippen molar-refractivity contribution >= 4 is 24.9 Å². The molecule has 1 N–H and O–H groups in total. The van der Waals surface area contributed by atoms with Gasteiger partial charge in [-0.15, -0.1) is 0 Å². The Labute approximate surface area is 195 Å². The van der Waals surface area contributed by atoms with E-state index in [2.05, 4.69) is 53.9 Å². The monoisotopic (exact) mass is 467 g/mol. The van der Waals surface area contributed by atoms with Gasteiger partial charge in [-0.1, -0.05) is 50.0 Å². The molecular formula is C25H33N3O4Si. The van der Waals surface area contributed by atoms with Gasteiger partial charge in [0.15, 0.2) is 5.69 Å². The fourth-order valence-corrected chi connectivity index (χ4v) is 4.85. The highest BCUT2D eigenvalue weighted by Gasteiger charge is 2.25. The van der Waals surface area contributed by atoms with E-state index in [-0.39, 0.29) is 18.5 Å². The predicted octanol–water partition coefficient (Wildman–Crippen LogP) is 4.70. The zero-order chi connectivity index (χ0) is 23.4. The summed E-state index contributed by atoms with van der Waals surface area (Å²) >= 11 is 0. The molecule has 1 aliphatic rings. The first-order valence-corrected chi connectivity index (χ1v) is 15.2. The number of hydrogen-bond acceptors (Lipinski definition) is 5. The molecule has 7 nitrogen and oxygen atoms in total. The zero-order valence-electron chi connectivity index (χ0n) is 19.7. The molecule has 4 rings (SSSR count). The lowest BCUT2D eigenvalue weighted by Gasteiger charge is -2.17. The molecule has 1 aliphatic heterocycles. The molecule has 0 bridgehead atoms. The third-order valence-electron chi connectivity index (χ3n) is 5.92. The Kier molecular flexibility index (Phi) is 7.16. The molecule has 1 atom stereocenters. The molecule has 1 saturated heterocycles. The Morgan fingerprint density at radius 2 is 1.97 bits per heavy atom. The van der Waals surface area contributed by atoms with Crippen molar-refractivity contribution in [3.63, 3.8) is 0 Å². The number of carboxylic acids is 1. The molecule has 0 spiro atoms. The van der Waals surface area contributed by atoms with Crippen molar-refractivity contribution in [2.24, 2.45) is 0 Å². The van der Waals surface area contributed by atoms with E-state index in [0.717, 1.165) is 37.6 Å². The smallest absolute Gasteiger partial charge is 0.357 e. The number of hydrogen-bond donors (Lipinski definition) is 1. The van der Waals surface area contributed by atoms with Crippen LogP contribution in [-0.2, 0) is 18.0 Å². The first-order valence-electron chi connectivity index (χ1n) is 11.5. The second kappa shape index (κ2) is 10.1. The summed E-state index contributed by atoms with van der Waals surface area (Å²) in [5, 5.41) is 14.5. The van der Waals surface area contributed by atoms with E-state index in [0.29, 0.717) is 17.7 Å². The third kappa shape index (κ3) is 6.22. The number of benzene rings is 2. The van der Waals surface area contributed by atoms with Crippen molar-refractivity contribution in [3.8, 4) is 5.75 Å². The number of ether oxygens (including phenoxy) is 2. The number of likely N-dealkylation sites (tertiary alicyclic amines) is 1. The van der Waals surface area contributed by atoms with Gasteiger partial charge in [0, 0.05) is 39.7 Å². The summed E-state index contributed by atoms with van der Waals surface area (Å²) < 4.78 is 13.7. The number of fused-ring (bicyclic) bond motifs is 1. The van der Waals surface area contributed by atoms with E-state index >= 15 is 0 Å². The zero-order valence-corrected chi connectivity index (χ0v) is 20.7. The van der Waals surface area contributed by atoms with Gasteiger partial charge in [0.2, 0.25) is 0 Å². The van der Waals surface area contributed by atoms with Crippen LogP contribution in [0.4, 0.5) is 0 Å². The highest BCUT2D eigenvalue weighted by Crippen LogP contribution is 2.27. The predicted molar refractivity (Wildman–Crippen MR) is 132 cm³/mol. The molecule has 0 radical (unpaired) electrons. The molecule has 2 aromatic carbocycles. The van der Waals surface area contributed by atoms with Crippen LogP contribution in [0.5, 0.6) is 5.75 Å². The Morgan fingerprint density at radius 1 is 1.18 bits per heavy atom. The van der Waals surface area contributed by atoms with Gasteiger partial charge in [-0.2, -0.15) is 5.10 Å². The molecule has 3 aromatic rings. The van der Waals surface area contributed by atoms with Crippen LogP contribution in [0.2, 0.25) is 25.7 Å². The third-order valence-corrected chi connectivity index (χ3v) is 7.62. The maximum atomic E-state index is 11.8. The molecule has 2 heterocycles. The maximum absolute atomic E-state index is 11.8. The molecule has 1 aromatic heterocycles. The van der Waals surface area contributed by atoms with E-state index in [4.69, 9.17) is 9.47 Å². The summed E-state index contributed by atoms with van der Waals surface area (Å²) in [7, 11) is -1.18.